The van der Waals surface area contributed by atoms with E-state index < -0.39 is 38.5 Å². The Morgan fingerprint density at radius 2 is 1.86 bits per heavy atom. The van der Waals surface area contributed by atoms with E-state index in [1.54, 1.807) is 4.98 Å². The van der Waals surface area contributed by atoms with E-state index in [1.807, 2.05) is 6.92 Å². The summed E-state index contributed by atoms with van der Waals surface area (Å²) in [5.41, 5.74) is -3.71. The Bertz CT molecular complexity index is 1530. The normalized spacial score (nSPS) is 13.7. The number of unbranched alkanes of at least 4 members (excludes halogenated alkanes) is 1. The summed E-state index contributed by atoms with van der Waals surface area (Å²) in [7, 11) is -3.68. The highest BCUT2D eigenvalue weighted by atomic mass is 35.5. The molecule has 1 saturated carbocycles. The second-order valence-corrected chi connectivity index (χ2v) is 11.1. The minimum Gasteiger partial charge on any atom is -0.491 e. The number of H-pyrrole nitrogens is 1. The third-order valence-corrected chi connectivity index (χ3v) is 8.17. The molecule has 0 atom stereocenters. The van der Waals surface area contributed by atoms with Crippen molar-refractivity contribution in [2.75, 3.05) is 6.61 Å². The average molecular weight is 577 g/mol. The molecular weight excluding hydrogens is 557 g/mol. The molecule has 0 bridgehead atoms. The van der Waals surface area contributed by atoms with Gasteiger partial charge in [-0.25, -0.2) is 27.0 Å². The molecule has 0 radical (unpaired) electrons. The number of aromatic nitrogens is 4. The van der Waals surface area contributed by atoms with Crippen LogP contribution in [0, 0.1) is 0 Å². The Hall–Kier alpha value is -3.03. The van der Waals surface area contributed by atoms with Gasteiger partial charge in [0.2, 0.25) is 5.88 Å². The van der Waals surface area contributed by atoms with Gasteiger partial charge < -0.3 is 9.47 Å². The summed E-state index contributed by atoms with van der Waals surface area (Å²) >= 11 is 12.6. The zero-order chi connectivity index (χ0) is 26.9. The van der Waals surface area contributed by atoms with Crippen molar-refractivity contribution in [1.29, 1.82) is 0 Å². The van der Waals surface area contributed by atoms with Crippen molar-refractivity contribution >= 4 is 33.0 Å². The van der Waals surface area contributed by atoms with Gasteiger partial charge in [-0.2, -0.15) is 9.78 Å². The van der Waals surface area contributed by atoms with Crippen molar-refractivity contribution in [2.45, 2.75) is 49.2 Å². The quantitative estimate of drug-likeness (QED) is 0.349. The average Bonchev–Trinajstić information content (AvgIpc) is 3.68. The molecule has 10 nitrogen and oxygen atoms in total. The van der Waals surface area contributed by atoms with E-state index in [0.717, 1.165) is 25.0 Å². The summed E-state index contributed by atoms with van der Waals surface area (Å²) in [5, 5.41) is 2.55. The molecule has 0 saturated heterocycles. The van der Waals surface area contributed by atoms with Crippen LogP contribution < -0.4 is 20.7 Å². The lowest BCUT2D eigenvalue weighted by molar-refractivity contribution is 0.141. The predicted octanol–water partition coefficient (Wildman–Crippen LogP) is 4.47. The van der Waals surface area contributed by atoms with Crippen LogP contribution in [0.1, 0.15) is 44.7 Å². The van der Waals surface area contributed by atoms with Crippen LogP contribution in [0.15, 0.2) is 38.9 Å². The first-order chi connectivity index (χ1) is 17.5. The Labute approximate surface area is 219 Å². The molecular formula is C22H20Cl2F2N4O6S. The maximum absolute atomic E-state index is 13.1. The molecule has 0 spiro atoms. The maximum atomic E-state index is 13.1. The fourth-order valence-corrected chi connectivity index (χ4v) is 5.60. The van der Waals surface area contributed by atoms with E-state index in [2.05, 4.69) is 10.1 Å². The first kappa shape index (κ1) is 27.0. The number of hydrogen-bond acceptors (Lipinski definition) is 8. The Balaban J connectivity index is 1.70. The number of benzene rings is 1. The number of pyridine rings is 1. The van der Waals surface area contributed by atoms with Crippen LogP contribution in [-0.2, 0) is 9.84 Å². The van der Waals surface area contributed by atoms with Crippen LogP contribution in [0.3, 0.4) is 0 Å². The monoisotopic (exact) mass is 576 g/mol. The third-order valence-electron chi connectivity index (χ3n) is 5.33. The van der Waals surface area contributed by atoms with Gasteiger partial charge in [-0.15, -0.1) is 0 Å². The largest absolute Gasteiger partial charge is 0.491 e. The predicted molar refractivity (Wildman–Crippen MR) is 130 cm³/mol. The lowest BCUT2D eigenvalue weighted by Crippen LogP contribution is -2.34. The minimum atomic E-state index is -3.68. The molecule has 1 N–H and O–H groups in total. The van der Waals surface area contributed by atoms with Crippen LogP contribution in [-0.4, -0.2) is 40.0 Å². The van der Waals surface area contributed by atoms with E-state index in [9.17, 15) is 26.8 Å². The van der Waals surface area contributed by atoms with Gasteiger partial charge >= 0.3 is 5.69 Å². The number of aromatic amines is 1. The first-order valence-corrected chi connectivity index (χ1v) is 13.4. The summed E-state index contributed by atoms with van der Waals surface area (Å²) < 4.78 is 63.9. The zero-order valence-corrected chi connectivity index (χ0v) is 21.5. The molecule has 37 heavy (non-hydrogen) atoms. The highest BCUT2D eigenvalue weighted by Crippen LogP contribution is 2.41. The van der Waals surface area contributed by atoms with Gasteiger partial charge in [-0.3, -0.25) is 9.78 Å². The topological polar surface area (TPSA) is 133 Å². The number of hydrogen-bond donors (Lipinski definition) is 1. The number of nitrogens with zero attached hydrogens (tertiary/aromatic N) is 3. The van der Waals surface area contributed by atoms with Gasteiger partial charge in [0.15, 0.2) is 27.0 Å². The standard InChI is InChI=1S/C22H20Cl2F2N4O6S/c1-2-3-6-35-15-10-27-17(9-16(15)37(33,34)12-4-5-12)36-19-13(23)7-11(8-14(19)24)30-22(32)28-21(31)18(29-30)20(25)26/h7-10,12,20H,2-6H2,1H3,(H,28,31,32). The molecule has 0 unspecified atom stereocenters. The number of alkyl halides is 2. The molecule has 198 valence electrons. The lowest BCUT2D eigenvalue weighted by Gasteiger charge is -2.15. The highest BCUT2D eigenvalue weighted by molar-refractivity contribution is 7.92. The molecule has 0 aliphatic heterocycles. The van der Waals surface area contributed by atoms with Gasteiger partial charge in [0.05, 0.1) is 33.8 Å². The summed E-state index contributed by atoms with van der Waals surface area (Å²) in [6.07, 6.45) is 0.678. The Morgan fingerprint density at radius 3 is 2.46 bits per heavy atom. The molecule has 3 aromatic rings. The summed E-state index contributed by atoms with van der Waals surface area (Å²) in [6, 6.07) is 3.52. The number of ether oxygens (including phenoxy) is 2. The Kier molecular flexibility index (Phi) is 7.85. The summed E-state index contributed by atoms with van der Waals surface area (Å²) in [5.74, 6) is -0.169. The summed E-state index contributed by atoms with van der Waals surface area (Å²) in [6.45, 7) is 2.29. The molecule has 2 heterocycles. The Morgan fingerprint density at radius 1 is 1.19 bits per heavy atom. The van der Waals surface area contributed by atoms with Crippen LogP contribution in [0.25, 0.3) is 5.69 Å². The zero-order valence-electron chi connectivity index (χ0n) is 19.2. The van der Waals surface area contributed by atoms with Gasteiger partial charge in [-0.1, -0.05) is 36.5 Å². The van der Waals surface area contributed by atoms with Crippen molar-refractivity contribution in [3.05, 3.63) is 61.0 Å². The number of halogens is 4. The van der Waals surface area contributed by atoms with Crippen LogP contribution in [0.4, 0.5) is 8.78 Å². The van der Waals surface area contributed by atoms with Crippen LogP contribution in [0.5, 0.6) is 17.4 Å². The van der Waals surface area contributed by atoms with Crippen LogP contribution >= 0.6 is 23.2 Å². The number of sulfone groups is 1. The SMILES string of the molecule is CCCCOc1cnc(Oc2c(Cl)cc(-n3nc(C(F)F)c(=O)[nH]c3=O)cc2Cl)cc1S(=O)(=O)C1CC1. The molecule has 15 heteroatoms. The minimum absolute atomic E-state index is 0.0662. The molecule has 0 amide bonds. The third kappa shape index (κ3) is 5.78. The number of nitrogens with one attached hydrogen (secondary N) is 1. The second kappa shape index (κ2) is 10.8. The van der Waals surface area contributed by atoms with Gasteiger partial charge in [0.25, 0.3) is 12.0 Å². The molecule has 1 aliphatic carbocycles. The van der Waals surface area contributed by atoms with E-state index >= 15 is 0 Å². The van der Waals surface area contributed by atoms with Crippen molar-refractivity contribution in [2.24, 2.45) is 0 Å². The first-order valence-electron chi connectivity index (χ1n) is 11.1. The van der Waals surface area contributed by atoms with E-state index in [4.69, 9.17) is 32.7 Å². The summed E-state index contributed by atoms with van der Waals surface area (Å²) in [4.78, 5) is 29.5. The van der Waals surface area contributed by atoms with Crippen molar-refractivity contribution in [3.63, 3.8) is 0 Å². The van der Waals surface area contributed by atoms with E-state index in [0.29, 0.717) is 24.1 Å². The molecule has 2 aromatic heterocycles. The molecule has 1 aliphatic rings. The van der Waals surface area contributed by atoms with E-state index in [-0.39, 0.29) is 38.0 Å². The van der Waals surface area contributed by atoms with Crippen LogP contribution in [0.2, 0.25) is 10.0 Å². The van der Waals surface area contributed by atoms with Crippen molar-refractivity contribution in [3.8, 4) is 23.1 Å². The lowest BCUT2D eigenvalue weighted by atomic mass is 10.3. The maximum Gasteiger partial charge on any atom is 0.349 e. The second-order valence-electron chi connectivity index (χ2n) is 8.11. The van der Waals surface area contributed by atoms with Gasteiger partial charge in [-0.05, 0) is 31.4 Å². The molecule has 4 rings (SSSR count). The van der Waals surface area contributed by atoms with Gasteiger partial charge in [0, 0.05) is 6.07 Å². The fourth-order valence-electron chi connectivity index (χ4n) is 3.28. The molecule has 1 aromatic carbocycles. The fraction of sp³-hybridized carbons (Fsp3) is 0.364. The highest BCUT2D eigenvalue weighted by Gasteiger charge is 2.39. The van der Waals surface area contributed by atoms with Crippen molar-refractivity contribution < 1.29 is 26.7 Å². The van der Waals surface area contributed by atoms with E-state index in [1.165, 1.54) is 12.3 Å². The smallest absolute Gasteiger partial charge is 0.349 e. The molecule has 1 fully saturated rings. The van der Waals surface area contributed by atoms with Gasteiger partial charge in [0.1, 0.15) is 4.90 Å². The number of rotatable bonds is 10. The van der Waals surface area contributed by atoms with Crippen molar-refractivity contribution in [1.82, 2.24) is 19.7 Å².